The number of hydrogen-bond donors (Lipinski definition) is 2. The highest BCUT2D eigenvalue weighted by atomic mass is 15.3. The van der Waals surface area contributed by atoms with Gasteiger partial charge in [-0.15, -0.1) is 0 Å². The van der Waals surface area contributed by atoms with Crippen molar-refractivity contribution >= 4 is 5.84 Å². The molecule has 2 aliphatic heterocycles. The Bertz CT molecular complexity index is 247. The lowest BCUT2D eigenvalue weighted by atomic mass is 10.2. The summed E-state index contributed by atoms with van der Waals surface area (Å²) in [5.41, 5.74) is 5.46. The molecule has 3 N–H and O–H groups in total. The maximum Gasteiger partial charge on any atom is 0.0920 e. The molecule has 2 aliphatic rings. The minimum atomic E-state index is 0.317. The zero-order valence-corrected chi connectivity index (χ0v) is 10.3. The van der Waals surface area contributed by atoms with Gasteiger partial charge in [-0.1, -0.05) is 0 Å². The molecule has 2 atom stereocenters. The van der Waals surface area contributed by atoms with Crippen molar-refractivity contribution in [3.05, 3.63) is 0 Å². The fraction of sp³-hybridized carbons (Fsp3) is 0.917. The molecule has 0 aromatic carbocycles. The van der Waals surface area contributed by atoms with E-state index in [1.165, 1.54) is 45.4 Å². The fourth-order valence-corrected chi connectivity index (χ4v) is 3.02. The molecule has 4 nitrogen and oxygen atoms in total. The fourth-order valence-electron chi connectivity index (χ4n) is 3.02. The lowest BCUT2D eigenvalue weighted by molar-refractivity contribution is 0.209. The summed E-state index contributed by atoms with van der Waals surface area (Å²) in [4.78, 5) is 5.13. The first-order chi connectivity index (χ1) is 7.66. The van der Waals surface area contributed by atoms with E-state index < -0.39 is 0 Å². The quantitative estimate of drug-likeness (QED) is 0.550. The van der Waals surface area contributed by atoms with Crippen LogP contribution in [0.4, 0.5) is 0 Å². The molecule has 0 aromatic rings. The summed E-state index contributed by atoms with van der Waals surface area (Å²) in [6.45, 7) is 7.12. The topological polar surface area (TPSA) is 56.4 Å². The zero-order chi connectivity index (χ0) is 11.5. The summed E-state index contributed by atoms with van der Waals surface area (Å²) in [6.07, 6.45) is 4.76. The Labute approximate surface area is 98.3 Å². The van der Waals surface area contributed by atoms with Crippen LogP contribution in [0.3, 0.4) is 0 Å². The van der Waals surface area contributed by atoms with Gasteiger partial charge in [-0.25, -0.2) is 0 Å². The van der Waals surface area contributed by atoms with Gasteiger partial charge in [0.1, 0.15) is 0 Å². The number of amidine groups is 1. The van der Waals surface area contributed by atoms with E-state index in [0.717, 1.165) is 6.04 Å². The van der Waals surface area contributed by atoms with E-state index in [4.69, 9.17) is 11.1 Å². The molecule has 0 radical (unpaired) electrons. The number of nitrogens with one attached hydrogen (secondary N) is 1. The third-order valence-corrected chi connectivity index (χ3v) is 3.99. The lowest BCUT2D eigenvalue weighted by Crippen LogP contribution is -2.39. The van der Waals surface area contributed by atoms with E-state index in [-0.39, 0.29) is 0 Å². The van der Waals surface area contributed by atoms with Crippen LogP contribution in [-0.4, -0.2) is 53.9 Å². The van der Waals surface area contributed by atoms with E-state index in [1.54, 1.807) is 0 Å². The summed E-state index contributed by atoms with van der Waals surface area (Å²) < 4.78 is 0. The largest absolute Gasteiger partial charge is 0.388 e. The van der Waals surface area contributed by atoms with Crippen molar-refractivity contribution < 1.29 is 0 Å². The molecular weight excluding hydrogens is 200 g/mol. The summed E-state index contributed by atoms with van der Waals surface area (Å²) in [5.74, 6) is 0.317. The molecule has 2 saturated heterocycles. The first-order valence-corrected chi connectivity index (χ1v) is 6.48. The van der Waals surface area contributed by atoms with Crippen molar-refractivity contribution in [2.75, 3.05) is 26.2 Å². The van der Waals surface area contributed by atoms with Crippen molar-refractivity contribution in [3.63, 3.8) is 0 Å². The first kappa shape index (κ1) is 11.9. The van der Waals surface area contributed by atoms with Crippen LogP contribution in [0.2, 0.25) is 0 Å². The van der Waals surface area contributed by atoms with Crippen molar-refractivity contribution in [1.82, 2.24) is 9.80 Å². The van der Waals surface area contributed by atoms with Gasteiger partial charge in [-0.05, 0) is 39.3 Å². The minimum absolute atomic E-state index is 0.317. The smallest absolute Gasteiger partial charge is 0.0920 e. The van der Waals surface area contributed by atoms with Gasteiger partial charge in [0.05, 0.1) is 5.84 Å². The van der Waals surface area contributed by atoms with Crippen molar-refractivity contribution in [2.24, 2.45) is 5.73 Å². The predicted molar refractivity (Wildman–Crippen MR) is 66.8 cm³/mol. The molecule has 2 rings (SSSR count). The van der Waals surface area contributed by atoms with Gasteiger partial charge in [0, 0.05) is 31.6 Å². The van der Waals surface area contributed by atoms with Gasteiger partial charge < -0.3 is 5.73 Å². The molecule has 16 heavy (non-hydrogen) atoms. The van der Waals surface area contributed by atoms with E-state index in [0.29, 0.717) is 18.3 Å². The molecule has 4 heteroatoms. The number of nitrogens with two attached hydrogens (primary N) is 1. The summed E-state index contributed by atoms with van der Waals surface area (Å²) >= 11 is 0. The highest BCUT2D eigenvalue weighted by Crippen LogP contribution is 2.22. The Morgan fingerprint density at radius 1 is 1.38 bits per heavy atom. The molecule has 2 fully saturated rings. The Morgan fingerprint density at radius 2 is 2.06 bits per heavy atom. The van der Waals surface area contributed by atoms with Crippen LogP contribution in [0.5, 0.6) is 0 Å². The van der Waals surface area contributed by atoms with Gasteiger partial charge in [-0.2, -0.15) is 0 Å². The molecule has 0 spiro atoms. The number of hydrogen-bond acceptors (Lipinski definition) is 3. The summed E-state index contributed by atoms with van der Waals surface area (Å²) in [7, 11) is 0. The number of rotatable bonds is 4. The second-order valence-corrected chi connectivity index (χ2v) is 5.26. The van der Waals surface area contributed by atoms with E-state index in [9.17, 15) is 0 Å². The highest BCUT2D eigenvalue weighted by Gasteiger charge is 2.31. The highest BCUT2D eigenvalue weighted by molar-refractivity contribution is 5.77. The third kappa shape index (κ3) is 2.74. The van der Waals surface area contributed by atoms with Crippen LogP contribution in [0.25, 0.3) is 0 Å². The monoisotopic (exact) mass is 224 g/mol. The molecule has 2 unspecified atom stereocenters. The average molecular weight is 224 g/mol. The van der Waals surface area contributed by atoms with Crippen molar-refractivity contribution in [2.45, 2.75) is 44.7 Å². The first-order valence-electron chi connectivity index (χ1n) is 6.48. The van der Waals surface area contributed by atoms with Crippen molar-refractivity contribution in [1.29, 1.82) is 5.41 Å². The maximum atomic E-state index is 7.35. The van der Waals surface area contributed by atoms with Crippen LogP contribution >= 0.6 is 0 Å². The molecule has 0 bridgehead atoms. The predicted octanol–water partition coefficient (Wildman–Crippen LogP) is 0.871. The van der Waals surface area contributed by atoms with E-state index in [2.05, 4.69) is 16.7 Å². The van der Waals surface area contributed by atoms with Crippen LogP contribution in [0, 0.1) is 5.41 Å². The molecule has 92 valence electrons. The molecule has 0 aromatic heterocycles. The molecular formula is C12H24N4. The average Bonchev–Trinajstić information content (AvgIpc) is 2.87. The maximum absolute atomic E-state index is 7.35. The Kier molecular flexibility index (Phi) is 3.82. The standard InChI is InChI=1S/C12H24N4/c1-10(8-12(13)14)16-7-4-11(9-16)15-5-2-3-6-15/h10-11H,2-9H2,1H3,(H3,13,14). The SMILES string of the molecule is CC(CC(=N)N)N1CCC(N2CCCC2)C1. The second-order valence-electron chi connectivity index (χ2n) is 5.26. The van der Waals surface area contributed by atoms with Gasteiger partial charge in [0.15, 0.2) is 0 Å². The van der Waals surface area contributed by atoms with Gasteiger partial charge in [0.25, 0.3) is 0 Å². The van der Waals surface area contributed by atoms with Gasteiger partial charge >= 0.3 is 0 Å². The minimum Gasteiger partial charge on any atom is -0.388 e. The second kappa shape index (κ2) is 5.15. The molecule has 0 amide bonds. The third-order valence-electron chi connectivity index (χ3n) is 3.99. The normalized spacial score (nSPS) is 29.7. The van der Waals surface area contributed by atoms with Crippen molar-refractivity contribution in [3.8, 4) is 0 Å². The Morgan fingerprint density at radius 3 is 2.69 bits per heavy atom. The Hall–Kier alpha value is -0.610. The van der Waals surface area contributed by atoms with Crippen LogP contribution in [0.15, 0.2) is 0 Å². The van der Waals surface area contributed by atoms with Crippen LogP contribution in [0.1, 0.15) is 32.6 Å². The van der Waals surface area contributed by atoms with E-state index in [1.807, 2.05) is 0 Å². The molecule has 0 aliphatic carbocycles. The number of likely N-dealkylation sites (tertiary alicyclic amines) is 2. The van der Waals surface area contributed by atoms with Crippen LogP contribution in [-0.2, 0) is 0 Å². The summed E-state index contributed by atoms with van der Waals surface area (Å²) in [6, 6.07) is 1.20. The molecule has 0 saturated carbocycles. The number of nitrogens with zero attached hydrogens (tertiary/aromatic N) is 2. The van der Waals surface area contributed by atoms with Crippen LogP contribution < -0.4 is 5.73 Å². The zero-order valence-electron chi connectivity index (χ0n) is 10.3. The lowest BCUT2D eigenvalue weighted by Gasteiger charge is -2.26. The van der Waals surface area contributed by atoms with Gasteiger partial charge in [-0.3, -0.25) is 15.2 Å². The summed E-state index contributed by atoms with van der Waals surface area (Å²) in [5, 5.41) is 7.35. The van der Waals surface area contributed by atoms with E-state index >= 15 is 0 Å². The molecule has 2 heterocycles. The van der Waals surface area contributed by atoms with Gasteiger partial charge in [0.2, 0.25) is 0 Å². The Balaban J connectivity index is 1.80.